The largest absolute Gasteiger partial charge is 0.336 e. The molecule has 0 radical (unpaired) electrons. The van der Waals surface area contributed by atoms with E-state index in [2.05, 4.69) is 40.4 Å². The van der Waals surface area contributed by atoms with Crippen molar-refractivity contribution in [1.29, 1.82) is 0 Å². The Bertz CT molecular complexity index is 1980. The third-order valence-corrected chi connectivity index (χ3v) is 6.54. The third kappa shape index (κ3) is 4.43. The Morgan fingerprint density at radius 2 is 1.68 bits per heavy atom. The first-order chi connectivity index (χ1) is 19.7. The Hall–Kier alpha value is -5.77. The number of hydrogen-bond acceptors (Lipinski definition) is 7. The van der Waals surface area contributed by atoms with Crippen molar-refractivity contribution < 1.29 is 4.79 Å². The lowest BCUT2D eigenvalue weighted by atomic mass is 10.1. The minimum atomic E-state index is -0.110. The molecule has 0 unspecified atom stereocenters. The number of nitrogens with one attached hydrogen (secondary N) is 3. The van der Waals surface area contributed by atoms with Crippen molar-refractivity contribution in [2.45, 2.75) is 6.42 Å². The van der Waals surface area contributed by atoms with Crippen molar-refractivity contribution in [2.75, 3.05) is 5.32 Å². The summed E-state index contributed by atoms with van der Waals surface area (Å²) in [7, 11) is 0. The Labute approximate surface area is 227 Å². The maximum atomic E-state index is 12.6. The van der Waals surface area contributed by atoms with E-state index >= 15 is 0 Å². The summed E-state index contributed by atoms with van der Waals surface area (Å²) in [5.74, 6) is 0.485. The number of hydrogen-bond donors (Lipinski definition) is 3. The summed E-state index contributed by atoms with van der Waals surface area (Å²) >= 11 is 0. The van der Waals surface area contributed by atoms with Crippen LogP contribution in [0.1, 0.15) is 5.56 Å². The van der Waals surface area contributed by atoms with Gasteiger partial charge in [0, 0.05) is 47.7 Å². The minimum absolute atomic E-state index is 0.110. The van der Waals surface area contributed by atoms with Crippen LogP contribution in [-0.2, 0) is 11.2 Å². The number of carbonyl (C=O) groups excluding carboxylic acids is 1. The van der Waals surface area contributed by atoms with E-state index < -0.39 is 0 Å². The molecule has 192 valence electrons. The molecule has 0 aliphatic carbocycles. The van der Waals surface area contributed by atoms with Gasteiger partial charge in [-0.15, -0.1) is 0 Å². The molecule has 7 aromatic rings. The summed E-state index contributed by atoms with van der Waals surface area (Å²) in [6, 6.07) is 19.2. The standard InChI is InChI=1S/C30H21N9O/c40-25(11-18-5-2-1-3-6-18)35-22-12-20(15-32-17-22)21-13-23-27(38-39-29(23)34-16-21)30-36-24-8-10-33-26(28(24)37-30)19-7-4-9-31-14-19/h1-10,12-17H,11H2,(H,35,40)(H,36,37)(H,34,38,39). The lowest BCUT2D eigenvalue weighted by Gasteiger charge is -2.07. The number of pyridine rings is 4. The van der Waals surface area contributed by atoms with Crippen LogP contribution in [0.5, 0.6) is 0 Å². The van der Waals surface area contributed by atoms with Gasteiger partial charge in [0.15, 0.2) is 11.5 Å². The zero-order valence-electron chi connectivity index (χ0n) is 21.0. The molecule has 10 heteroatoms. The predicted octanol–water partition coefficient (Wildman–Crippen LogP) is 5.20. The fourth-order valence-corrected chi connectivity index (χ4v) is 4.66. The Balaban J connectivity index is 1.21. The average Bonchev–Trinajstić information content (AvgIpc) is 3.62. The highest BCUT2D eigenvalue weighted by Gasteiger charge is 2.17. The molecule has 10 nitrogen and oxygen atoms in total. The van der Waals surface area contributed by atoms with Crippen LogP contribution in [0.15, 0.2) is 97.8 Å². The second-order valence-corrected chi connectivity index (χ2v) is 9.25. The van der Waals surface area contributed by atoms with Gasteiger partial charge in [-0.3, -0.25) is 24.8 Å². The van der Waals surface area contributed by atoms with Crippen molar-refractivity contribution in [3.8, 4) is 33.9 Å². The van der Waals surface area contributed by atoms with Crippen LogP contribution in [0.3, 0.4) is 0 Å². The van der Waals surface area contributed by atoms with Crippen LogP contribution in [-0.4, -0.2) is 46.0 Å². The summed E-state index contributed by atoms with van der Waals surface area (Å²) in [6.45, 7) is 0. The monoisotopic (exact) mass is 523 g/mol. The van der Waals surface area contributed by atoms with E-state index in [9.17, 15) is 4.79 Å². The van der Waals surface area contributed by atoms with Crippen LogP contribution in [0.4, 0.5) is 5.69 Å². The Morgan fingerprint density at radius 1 is 0.800 bits per heavy atom. The number of imidazole rings is 1. The predicted molar refractivity (Wildman–Crippen MR) is 152 cm³/mol. The molecule has 1 amide bonds. The normalized spacial score (nSPS) is 11.2. The van der Waals surface area contributed by atoms with Crippen molar-refractivity contribution in [2.24, 2.45) is 0 Å². The average molecular weight is 524 g/mol. The fourth-order valence-electron chi connectivity index (χ4n) is 4.66. The number of fused-ring (bicyclic) bond motifs is 2. The number of benzene rings is 1. The molecule has 0 bridgehead atoms. The molecule has 0 spiro atoms. The first kappa shape index (κ1) is 23.4. The molecule has 7 rings (SSSR count). The minimum Gasteiger partial charge on any atom is -0.336 e. The lowest BCUT2D eigenvalue weighted by molar-refractivity contribution is -0.115. The molecule has 0 saturated carbocycles. The highest BCUT2D eigenvalue weighted by molar-refractivity contribution is 5.96. The molecule has 40 heavy (non-hydrogen) atoms. The Kier molecular flexibility index (Phi) is 5.74. The van der Waals surface area contributed by atoms with Gasteiger partial charge in [0.05, 0.1) is 34.9 Å². The van der Waals surface area contributed by atoms with E-state index in [4.69, 9.17) is 4.98 Å². The highest BCUT2D eigenvalue weighted by atomic mass is 16.1. The zero-order valence-corrected chi connectivity index (χ0v) is 21.0. The molecular weight excluding hydrogens is 502 g/mol. The quantitative estimate of drug-likeness (QED) is 0.272. The second kappa shape index (κ2) is 9.84. The zero-order chi connectivity index (χ0) is 26.9. The smallest absolute Gasteiger partial charge is 0.228 e. The van der Waals surface area contributed by atoms with E-state index in [1.165, 1.54) is 0 Å². The number of aromatic amines is 2. The van der Waals surface area contributed by atoms with Crippen LogP contribution in [0.2, 0.25) is 0 Å². The van der Waals surface area contributed by atoms with Crippen molar-refractivity contribution in [3.63, 3.8) is 0 Å². The van der Waals surface area contributed by atoms with Gasteiger partial charge in [0.1, 0.15) is 11.2 Å². The van der Waals surface area contributed by atoms with E-state index in [-0.39, 0.29) is 12.3 Å². The molecule has 3 N–H and O–H groups in total. The van der Waals surface area contributed by atoms with Gasteiger partial charge in [0.25, 0.3) is 0 Å². The number of H-pyrrole nitrogens is 2. The van der Waals surface area contributed by atoms with Gasteiger partial charge >= 0.3 is 0 Å². The molecule has 6 aromatic heterocycles. The molecule has 0 aliphatic rings. The van der Waals surface area contributed by atoms with Crippen LogP contribution >= 0.6 is 0 Å². The van der Waals surface area contributed by atoms with Gasteiger partial charge in [-0.1, -0.05) is 30.3 Å². The van der Waals surface area contributed by atoms with E-state index in [0.29, 0.717) is 22.9 Å². The SMILES string of the molecule is O=C(Cc1ccccc1)Nc1cncc(-c2cnc3[nH]nc(-c4nc5c(-c6cccnc6)nccc5[nH]4)c3c2)c1. The number of anilines is 1. The summed E-state index contributed by atoms with van der Waals surface area (Å²) < 4.78 is 0. The molecular formula is C30H21N9O. The number of amides is 1. The maximum absolute atomic E-state index is 12.6. The van der Waals surface area contributed by atoms with Crippen LogP contribution in [0, 0.1) is 0 Å². The lowest BCUT2D eigenvalue weighted by Crippen LogP contribution is -2.14. The number of carbonyl (C=O) groups is 1. The summed E-state index contributed by atoms with van der Waals surface area (Å²) in [5, 5.41) is 11.2. The summed E-state index contributed by atoms with van der Waals surface area (Å²) in [6.07, 6.45) is 10.6. The van der Waals surface area contributed by atoms with Gasteiger partial charge in [-0.2, -0.15) is 5.10 Å². The first-order valence-electron chi connectivity index (χ1n) is 12.6. The number of rotatable bonds is 6. The fraction of sp³-hybridized carbons (Fsp3) is 0.0333. The number of nitrogens with zero attached hydrogens (tertiary/aromatic N) is 6. The van der Waals surface area contributed by atoms with E-state index in [1.807, 2.05) is 60.7 Å². The maximum Gasteiger partial charge on any atom is 0.228 e. The second-order valence-electron chi connectivity index (χ2n) is 9.25. The topological polar surface area (TPSA) is 138 Å². The van der Waals surface area contributed by atoms with Gasteiger partial charge in [-0.25, -0.2) is 9.97 Å². The van der Waals surface area contributed by atoms with E-state index in [0.717, 1.165) is 44.4 Å². The van der Waals surface area contributed by atoms with Gasteiger partial charge in [-0.05, 0) is 35.9 Å². The molecule has 6 heterocycles. The first-order valence-corrected chi connectivity index (χ1v) is 12.6. The highest BCUT2D eigenvalue weighted by Crippen LogP contribution is 2.31. The Morgan fingerprint density at radius 3 is 2.55 bits per heavy atom. The van der Waals surface area contributed by atoms with Crippen molar-refractivity contribution in [1.82, 2.24) is 40.1 Å². The summed E-state index contributed by atoms with van der Waals surface area (Å²) in [5.41, 5.74) is 7.65. The molecule has 0 aliphatic heterocycles. The molecule has 1 aromatic carbocycles. The van der Waals surface area contributed by atoms with Gasteiger partial charge < -0.3 is 10.3 Å². The van der Waals surface area contributed by atoms with Crippen molar-refractivity contribution in [3.05, 3.63) is 103 Å². The van der Waals surface area contributed by atoms with Crippen LogP contribution in [0.25, 0.3) is 56.0 Å². The third-order valence-electron chi connectivity index (χ3n) is 6.54. The molecule has 0 fully saturated rings. The molecule has 0 saturated heterocycles. The van der Waals surface area contributed by atoms with E-state index in [1.54, 1.807) is 37.2 Å². The molecule has 0 atom stereocenters. The number of aromatic nitrogens is 8. The van der Waals surface area contributed by atoms with Crippen molar-refractivity contribution >= 4 is 33.7 Å². The van der Waals surface area contributed by atoms with Gasteiger partial charge in [0.2, 0.25) is 5.91 Å². The van der Waals surface area contributed by atoms with Crippen LogP contribution < -0.4 is 5.32 Å². The summed E-state index contributed by atoms with van der Waals surface area (Å²) in [4.78, 5) is 38.5.